The van der Waals surface area contributed by atoms with Gasteiger partial charge in [0, 0.05) is 25.0 Å². The summed E-state index contributed by atoms with van der Waals surface area (Å²) in [5, 5.41) is 4.11. The predicted molar refractivity (Wildman–Crippen MR) is 50.8 cm³/mol. The van der Waals surface area contributed by atoms with Crippen molar-refractivity contribution in [3.05, 3.63) is 30.5 Å². The van der Waals surface area contributed by atoms with Crippen molar-refractivity contribution in [2.75, 3.05) is 5.73 Å². The Labute approximate surface area is 80.2 Å². The number of halogens is 1. The minimum atomic E-state index is -0.520. The maximum atomic E-state index is 13.0. The Kier molecular flexibility index (Phi) is 1.92. The number of nitrogen functional groups attached to an aromatic ring is 1. The van der Waals surface area contributed by atoms with Crippen LogP contribution in [-0.4, -0.2) is 14.8 Å². The first kappa shape index (κ1) is 8.68. The molecule has 0 aliphatic heterocycles. The van der Waals surface area contributed by atoms with E-state index in [1.165, 1.54) is 6.20 Å². The monoisotopic (exact) mass is 192 g/mol. The molecule has 2 rings (SSSR count). The zero-order chi connectivity index (χ0) is 10.1. The van der Waals surface area contributed by atoms with Gasteiger partial charge in [-0.15, -0.1) is 0 Å². The summed E-state index contributed by atoms with van der Waals surface area (Å²) in [6.45, 7) is 0. The molecule has 0 aromatic carbocycles. The Morgan fingerprint density at radius 3 is 2.86 bits per heavy atom. The molecular formula is C9H9FN4. The minimum Gasteiger partial charge on any atom is -0.396 e. The zero-order valence-corrected chi connectivity index (χ0v) is 7.61. The van der Waals surface area contributed by atoms with Gasteiger partial charge in [-0.2, -0.15) is 5.10 Å². The van der Waals surface area contributed by atoms with E-state index in [0.29, 0.717) is 11.3 Å². The van der Waals surface area contributed by atoms with Crippen molar-refractivity contribution in [2.24, 2.45) is 7.05 Å². The van der Waals surface area contributed by atoms with Crippen LogP contribution in [0, 0.1) is 5.82 Å². The Hall–Kier alpha value is -1.91. The summed E-state index contributed by atoms with van der Waals surface area (Å²) in [5.41, 5.74) is 6.78. The molecule has 2 heterocycles. The molecule has 0 amide bonds. The molecule has 5 heteroatoms. The second-order valence-electron chi connectivity index (χ2n) is 2.96. The number of hydrogen-bond donors (Lipinski definition) is 1. The first-order valence-electron chi connectivity index (χ1n) is 4.07. The third-order valence-corrected chi connectivity index (χ3v) is 1.93. The lowest BCUT2D eigenvalue weighted by Gasteiger charge is -2.01. The molecule has 0 saturated heterocycles. The molecule has 2 aromatic heterocycles. The van der Waals surface area contributed by atoms with Gasteiger partial charge < -0.3 is 5.73 Å². The fourth-order valence-corrected chi connectivity index (χ4v) is 1.21. The molecular weight excluding hydrogens is 183 g/mol. The second-order valence-corrected chi connectivity index (χ2v) is 2.96. The number of aryl methyl sites for hydroxylation is 1. The van der Waals surface area contributed by atoms with E-state index in [1.54, 1.807) is 24.0 Å². The normalized spacial score (nSPS) is 10.4. The standard InChI is InChI=1S/C9H9FN4/c1-14-3-2-8(13-14)6-4-12-5-7(10)9(6)11/h2-5H,1H3,(H2,11,12). The Balaban J connectivity index is 2.57. The van der Waals surface area contributed by atoms with Gasteiger partial charge in [0.1, 0.15) is 0 Å². The summed E-state index contributed by atoms with van der Waals surface area (Å²) in [6, 6.07) is 1.76. The lowest BCUT2D eigenvalue weighted by Crippen LogP contribution is -1.96. The lowest BCUT2D eigenvalue weighted by atomic mass is 10.2. The van der Waals surface area contributed by atoms with Crippen LogP contribution in [0.3, 0.4) is 0 Å². The number of anilines is 1. The maximum absolute atomic E-state index is 13.0. The molecule has 0 aliphatic rings. The summed E-state index contributed by atoms with van der Waals surface area (Å²) in [5.74, 6) is -0.520. The second kappa shape index (κ2) is 3.10. The Morgan fingerprint density at radius 1 is 1.43 bits per heavy atom. The van der Waals surface area contributed by atoms with Crippen molar-refractivity contribution >= 4 is 5.69 Å². The van der Waals surface area contributed by atoms with E-state index in [1.807, 2.05) is 0 Å². The molecule has 0 aliphatic carbocycles. The fraction of sp³-hybridized carbons (Fsp3) is 0.111. The van der Waals surface area contributed by atoms with E-state index >= 15 is 0 Å². The highest BCUT2D eigenvalue weighted by Gasteiger charge is 2.09. The summed E-state index contributed by atoms with van der Waals surface area (Å²) >= 11 is 0. The van der Waals surface area contributed by atoms with E-state index in [2.05, 4.69) is 10.1 Å². The molecule has 0 unspecified atom stereocenters. The van der Waals surface area contributed by atoms with Crippen molar-refractivity contribution in [1.29, 1.82) is 0 Å². The van der Waals surface area contributed by atoms with Gasteiger partial charge in [-0.3, -0.25) is 9.67 Å². The van der Waals surface area contributed by atoms with E-state index < -0.39 is 5.82 Å². The summed E-state index contributed by atoms with van der Waals surface area (Å²) in [4.78, 5) is 3.73. The van der Waals surface area contributed by atoms with Gasteiger partial charge in [-0.1, -0.05) is 0 Å². The average molecular weight is 192 g/mol. The van der Waals surface area contributed by atoms with E-state index in [-0.39, 0.29) is 5.69 Å². The van der Waals surface area contributed by atoms with Gasteiger partial charge in [0.25, 0.3) is 0 Å². The predicted octanol–water partition coefficient (Wildman–Crippen LogP) is 1.20. The van der Waals surface area contributed by atoms with Crippen molar-refractivity contribution < 1.29 is 4.39 Å². The third kappa shape index (κ3) is 1.32. The number of pyridine rings is 1. The summed E-state index contributed by atoms with van der Waals surface area (Å²) in [7, 11) is 1.78. The van der Waals surface area contributed by atoms with Crippen LogP contribution in [0.5, 0.6) is 0 Å². The van der Waals surface area contributed by atoms with Crippen LogP contribution in [0.2, 0.25) is 0 Å². The minimum absolute atomic E-state index is 0.0821. The number of nitrogens with zero attached hydrogens (tertiary/aromatic N) is 3. The van der Waals surface area contributed by atoms with Crippen molar-refractivity contribution in [1.82, 2.24) is 14.8 Å². The molecule has 2 N–H and O–H groups in total. The molecule has 4 nitrogen and oxygen atoms in total. The summed E-state index contributed by atoms with van der Waals surface area (Å²) in [6.07, 6.45) is 4.35. The molecule has 0 bridgehead atoms. The van der Waals surface area contributed by atoms with E-state index in [4.69, 9.17) is 5.73 Å². The van der Waals surface area contributed by atoms with Gasteiger partial charge >= 0.3 is 0 Å². The van der Waals surface area contributed by atoms with Gasteiger partial charge in [0.2, 0.25) is 0 Å². The van der Waals surface area contributed by atoms with Crippen molar-refractivity contribution in [3.8, 4) is 11.3 Å². The topological polar surface area (TPSA) is 56.7 Å². The van der Waals surface area contributed by atoms with Gasteiger partial charge in [0.15, 0.2) is 5.82 Å². The molecule has 0 radical (unpaired) electrons. The van der Waals surface area contributed by atoms with Crippen LogP contribution >= 0.6 is 0 Å². The maximum Gasteiger partial charge on any atom is 0.165 e. The molecule has 0 saturated carbocycles. The van der Waals surface area contributed by atoms with Crippen molar-refractivity contribution in [2.45, 2.75) is 0 Å². The molecule has 0 fully saturated rings. The Morgan fingerprint density at radius 2 is 2.21 bits per heavy atom. The van der Waals surface area contributed by atoms with Crippen LogP contribution in [0.4, 0.5) is 10.1 Å². The highest BCUT2D eigenvalue weighted by Crippen LogP contribution is 2.24. The molecule has 0 spiro atoms. The van der Waals surface area contributed by atoms with Gasteiger partial charge in [-0.25, -0.2) is 4.39 Å². The smallest absolute Gasteiger partial charge is 0.165 e. The molecule has 2 aromatic rings. The first-order chi connectivity index (χ1) is 6.68. The number of nitrogens with two attached hydrogens (primary N) is 1. The van der Waals surface area contributed by atoms with Crippen LogP contribution in [0.25, 0.3) is 11.3 Å². The van der Waals surface area contributed by atoms with Crippen LogP contribution in [-0.2, 0) is 7.05 Å². The molecule has 14 heavy (non-hydrogen) atoms. The largest absolute Gasteiger partial charge is 0.396 e. The van der Waals surface area contributed by atoms with Crippen molar-refractivity contribution in [3.63, 3.8) is 0 Å². The quantitative estimate of drug-likeness (QED) is 0.738. The van der Waals surface area contributed by atoms with Crippen LogP contribution in [0.15, 0.2) is 24.7 Å². The fourth-order valence-electron chi connectivity index (χ4n) is 1.21. The highest BCUT2D eigenvalue weighted by molar-refractivity contribution is 5.72. The third-order valence-electron chi connectivity index (χ3n) is 1.93. The zero-order valence-electron chi connectivity index (χ0n) is 7.61. The van der Waals surface area contributed by atoms with Crippen LogP contribution in [0.1, 0.15) is 0 Å². The van der Waals surface area contributed by atoms with Gasteiger partial charge in [-0.05, 0) is 6.07 Å². The lowest BCUT2D eigenvalue weighted by molar-refractivity contribution is 0.626. The molecule has 72 valence electrons. The van der Waals surface area contributed by atoms with E-state index in [0.717, 1.165) is 6.20 Å². The first-order valence-corrected chi connectivity index (χ1v) is 4.07. The summed E-state index contributed by atoms with van der Waals surface area (Å²) < 4.78 is 14.7. The van der Waals surface area contributed by atoms with Crippen LogP contribution < -0.4 is 5.73 Å². The van der Waals surface area contributed by atoms with Gasteiger partial charge in [0.05, 0.1) is 17.6 Å². The van der Waals surface area contributed by atoms with E-state index in [9.17, 15) is 4.39 Å². The average Bonchev–Trinajstić information content (AvgIpc) is 2.57. The number of aromatic nitrogens is 3. The highest BCUT2D eigenvalue weighted by atomic mass is 19.1. The SMILES string of the molecule is Cn1ccc(-c2cncc(F)c2N)n1. The number of hydrogen-bond acceptors (Lipinski definition) is 3. The molecule has 0 atom stereocenters. The Bertz CT molecular complexity index is 464. The number of rotatable bonds is 1.